The van der Waals surface area contributed by atoms with E-state index in [1.54, 1.807) is 6.92 Å². The molecular formula is C12H17N5O2S. The third kappa shape index (κ3) is 4.35. The molecule has 1 atom stereocenters. The Morgan fingerprint density at radius 3 is 2.65 bits per heavy atom. The van der Waals surface area contributed by atoms with E-state index in [1.807, 2.05) is 26.2 Å². The number of ether oxygens (including phenoxy) is 1. The maximum Gasteiger partial charge on any atom is 0.331 e. The number of nitrogens with one attached hydrogen (secondary N) is 1. The topological polar surface area (TPSA) is 101 Å². The summed E-state index contributed by atoms with van der Waals surface area (Å²) in [6.07, 6.45) is 1.81. The second-order valence-electron chi connectivity index (χ2n) is 4.12. The lowest BCUT2D eigenvalue weighted by atomic mass is 10.1. The van der Waals surface area contributed by atoms with E-state index in [0.29, 0.717) is 11.1 Å². The molecule has 0 bridgehead atoms. The molecule has 0 aromatic carbocycles. The first-order chi connectivity index (χ1) is 9.51. The molecule has 20 heavy (non-hydrogen) atoms. The van der Waals surface area contributed by atoms with Crippen molar-refractivity contribution < 1.29 is 9.53 Å². The minimum Gasteiger partial charge on any atom is -0.465 e. The quantitative estimate of drug-likeness (QED) is 0.623. The number of hydrogen-bond acceptors (Lipinski definition) is 8. The SMILES string of the molecule is CCOC(=O)C(C#N)c1nc(NC(C)C)nc(SC)n1. The van der Waals surface area contributed by atoms with Crippen molar-refractivity contribution >= 4 is 23.7 Å². The van der Waals surface area contributed by atoms with Gasteiger partial charge in [0.25, 0.3) is 0 Å². The highest BCUT2D eigenvalue weighted by Gasteiger charge is 2.26. The van der Waals surface area contributed by atoms with Gasteiger partial charge in [-0.2, -0.15) is 15.2 Å². The second kappa shape index (κ2) is 7.65. The molecule has 1 N–H and O–H groups in total. The standard InChI is InChI=1S/C12H17N5O2S/c1-5-19-10(18)8(6-13)9-15-11(14-7(2)3)17-12(16-9)20-4/h7-8H,5H2,1-4H3,(H,14,15,16,17). The Morgan fingerprint density at radius 2 is 2.15 bits per heavy atom. The van der Waals surface area contributed by atoms with E-state index >= 15 is 0 Å². The molecule has 1 heterocycles. The summed E-state index contributed by atoms with van der Waals surface area (Å²) >= 11 is 1.31. The van der Waals surface area contributed by atoms with Crippen molar-refractivity contribution in [1.82, 2.24) is 15.0 Å². The Kier molecular flexibility index (Phi) is 6.18. The van der Waals surface area contributed by atoms with Crippen molar-refractivity contribution in [3.63, 3.8) is 0 Å². The molecule has 1 unspecified atom stereocenters. The first kappa shape index (κ1) is 16.2. The van der Waals surface area contributed by atoms with Crippen LogP contribution >= 0.6 is 11.8 Å². The maximum atomic E-state index is 11.7. The molecule has 0 fully saturated rings. The highest BCUT2D eigenvalue weighted by Crippen LogP contribution is 2.18. The van der Waals surface area contributed by atoms with E-state index in [9.17, 15) is 4.79 Å². The summed E-state index contributed by atoms with van der Waals surface area (Å²) in [4.78, 5) is 24.2. The van der Waals surface area contributed by atoms with Crippen LogP contribution in [0.25, 0.3) is 0 Å². The van der Waals surface area contributed by atoms with Crippen LogP contribution in [0.4, 0.5) is 5.95 Å². The zero-order valence-electron chi connectivity index (χ0n) is 11.9. The fourth-order valence-electron chi connectivity index (χ4n) is 1.36. The number of nitriles is 1. The summed E-state index contributed by atoms with van der Waals surface area (Å²) in [5.41, 5.74) is 0. The fraction of sp³-hybridized carbons (Fsp3) is 0.583. The summed E-state index contributed by atoms with van der Waals surface area (Å²) in [6, 6.07) is 2.00. The molecule has 108 valence electrons. The van der Waals surface area contributed by atoms with Crippen LogP contribution in [0.2, 0.25) is 0 Å². The molecule has 0 saturated carbocycles. The van der Waals surface area contributed by atoms with Crippen LogP contribution < -0.4 is 5.32 Å². The van der Waals surface area contributed by atoms with Gasteiger partial charge in [0, 0.05) is 6.04 Å². The Labute approximate surface area is 122 Å². The lowest BCUT2D eigenvalue weighted by Gasteiger charge is -2.12. The lowest BCUT2D eigenvalue weighted by molar-refractivity contribution is -0.143. The van der Waals surface area contributed by atoms with Crippen molar-refractivity contribution in [3.8, 4) is 6.07 Å². The normalized spacial score (nSPS) is 11.8. The van der Waals surface area contributed by atoms with E-state index in [2.05, 4.69) is 20.3 Å². The molecule has 0 saturated heterocycles. The molecule has 0 radical (unpaired) electrons. The molecule has 0 aliphatic heterocycles. The van der Waals surface area contributed by atoms with Crippen LogP contribution in [0.3, 0.4) is 0 Å². The largest absolute Gasteiger partial charge is 0.465 e. The maximum absolute atomic E-state index is 11.7. The minimum absolute atomic E-state index is 0.105. The first-order valence-corrected chi connectivity index (χ1v) is 7.37. The predicted octanol–water partition coefficient (Wildman–Crippen LogP) is 1.58. The number of carbonyl (C=O) groups is 1. The van der Waals surface area contributed by atoms with Gasteiger partial charge in [-0.15, -0.1) is 0 Å². The van der Waals surface area contributed by atoms with Crippen LogP contribution in [0.15, 0.2) is 5.16 Å². The number of anilines is 1. The molecule has 8 heteroatoms. The first-order valence-electron chi connectivity index (χ1n) is 6.14. The number of hydrogen-bond donors (Lipinski definition) is 1. The van der Waals surface area contributed by atoms with Crippen molar-refractivity contribution in [2.45, 2.75) is 37.9 Å². The summed E-state index contributed by atoms with van der Waals surface area (Å²) in [5.74, 6) is -1.34. The predicted molar refractivity (Wildman–Crippen MR) is 75.4 cm³/mol. The molecule has 7 nitrogen and oxygen atoms in total. The average molecular weight is 295 g/mol. The average Bonchev–Trinajstić information content (AvgIpc) is 2.38. The third-order valence-electron chi connectivity index (χ3n) is 2.14. The highest BCUT2D eigenvalue weighted by atomic mass is 32.2. The van der Waals surface area contributed by atoms with Gasteiger partial charge in [-0.25, -0.2) is 4.98 Å². The van der Waals surface area contributed by atoms with Gasteiger partial charge in [0.1, 0.15) is 0 Å². The summed E-state index contributed by atoms with van der Waals surface area (Å²) in [7, 11) is 0. The van der Waals surface area contributed by atoms with Crippen molar-refractivity contribution in [2.24, 2.45) is 0 Å². The molecular weight excluding hydrogens is 278 g/mol. The minimum atomic E-state index is -1.14. The van der Waals surface area contributed by atoms with E-state index in [-0.39, 0.29) is 18.5 Å². The number of aromatic nitrogens is 3. The van der Waals surface area contributed by atoms with Gasteiger partial charge < -0.3 is 10.1 Å². The summed E-state index contributed by atoms with van der Waals surface area (Å²) in [6.45, 7) is 5.76. The van der Waals surface area contributed by atoms with Gasteiger partial charge in [-0.3, -0.25) is 4.79 Å². The van der Waals surface area contributed by atoms with Crippen molar-refractivity contribution in [1.29, 1.82) is 5.26 Å². The fourth-order valence-corrected chi connectivity index (χ4v) is 1.72. The molecule has 1 rings (SSSR count). The monoisotopic (exact) mass is 295 g/mol. The highest BCUT2D eigenvalue weighted by molar-refractivity contribution is 7.98. The number of esters is 1. The molecule has 0 amide bonds. The Morgan fingerprint density at radius 1 is 1.45 bits per heavy atom. The van der Waals surface area contributed by atoms with Crippen molar-refractivity contribution in [2.75, 3.05) is 18.2 Å². The van der Waals surface area contributed by atoms with E-state index < -0.39 is 11.9 Å². The van der Waals surface area contributed by atoms with E-state index in [4.69, 9.17) is 10.00 Å². The second-order valence-corrected chi connectivity index (χ2v) is 4.89. The number of carbonyl (C=O) groups excluding carboxylic acids is 1. The Bertz CT molecular complexity index is 515. The molecule has 1 aromatic rings. The van der Waals surface area contributed by atoms with Gasteiger partial charge in [0.05, 0.1) is 12.7 Å². The van der Waals surface area contributed by atoms with Crippen LogP contribution in [-0.2, 0) is 9.53 Å². The van der Waals surface area contributed by atoms with Crippen LogP contribution in [-0.4, -0.2) is 39.8 Å². The smallest absolute Gasteiger partial charge is 0.331 e. The van der Waals surface area contributed by atoms with E-state index in [1.165, 1.54) is 11.8 Å². The Hall–Kier alpha value is -1.88. The number of rotatable bonds is 6. The van der Waals surface area contributed by atoms with Gasteiger partial charge in [0.15, 0.2) is 11.0 Å². The van der Waals surface area contributed by atoms with E-state index in [0.717, 1.165) is 0 Å². The molecule has 0 spiro atoms. The Balaban J connectivity index is 3.14. The van der Waals surface area contributed by atoms with Crippen LogP contribution in [0.5, 0.6) is 0 Å². The van der Waals surface area contributed by atoms with Crippen LogP contribution in [0, 0.1) is 11.3 Å². The van der Waals surface area contributed by atoms with Gasteiger partial charge in [-0.1, -0.05) is 11.8 Å². The van der Waals surface area contributed by atoms with Gasteiger partial charge in [0.2, 0.25) is 11.9 Å². The summed E-state index contributed by atoms with van der Waals surface area (Å²) < 4.78 is 4.85. The van der Waals surface area contributed by atoms with Crippen LogP contribution in [0.1, 0.15) is 32.5 Å². The number of thioether (sulfide) groups is 1. The lowest BCUT2D eigenvalue weighted by Crippen LogP contribution is -2.20. The zero-order chi connectivity index (χ0) is 15.1. The molecule has 0 aliphatic carbocycles. The molecule has 1 aromatic heterocycles. The third-order valence-corrected chi connectivity index (χ3v) is 2.69. The van der Waals surface area contributed by atoms with Gasteiger partial charge >= 0.3 is 5.97 Å². The molecule has 0 aliphatic rings. The van der Waals surface area contributed by atoms with Crippen molar-refractivity contribution in [3.05, 3.63) is 5.82 Å². The number of nitrogens with zero attached hydrogens (tertiary/aromatic N) is 4. The van der Waals surface area contributed by atoms with Gasteiger partial charge in [-0.05, 0) is 27.0 Å². The zero-order valence-corrected chi connectivity index (χ0v) is 12.7. The summed E-state index contributed by atoms with van der Waals surface area (Å²) in [5, 5.41) is 12.6.